The van der Waals surface area contributed by atoms with E-state index in [1.807, 2.05) is 0 Å². The quantitative estimate of drug-likeness (QED) is 0.685. The second kappa shape index (κ2) is 6.88. The Labute approximate surface area is 164 Å². The summed E-state index contributed by atoms with van der Waals surface area (Å²) in [6.45, 7) is 7.07. The van der Waals surface area contributed by atoms with Crippen molar-refractivity contribution < 1.29 is 14.7 Å². The first-order chi connectivity index (χ1) is 12.8. The molecule has 0 heterocycles. The molecular weight excluding hydrogens is 336 g/mol. The molecule has 0 radical (unpaired) electrons. The van der Waals surface area contributed by atoms with Crippen LogP contribution in [0.3, 0.4) is 0 Å². The highest BCUT2D eigenvalue weighted by atomic mass is 16.4. The van der Waals surface area contributed by atoms with Crippen molar-refractivity contribution >= 4 is 11.8 Å². The van der Waals surface area contributed by atoms with Gasteiger partial charge in [0, 0.05) is 18.8 Å². The number of carbonyl (C=O) groups is 2. The highest BCUT2D eigenvalue weighted by molar-refractivity contribution is 5.84. The minimum atomic E-state index is -0.690. The summed E-state index contributed by atoms with van der Waals surface area (Å²) in [5.74, 6) is 3.14. The van der Waals surface area contributed by atoms with Crippen molar-refractivity contribution in [1.82, 2.24) is 0 Å². The van der Waals surface area contributed by atoms with E-state index in [9.17, 15) is 9.59 Å². The lowest BCUT2D eigenvalue weighted by Gasteiger charge is -2.59. The highest BCUT2D eigenvalue weighted by Gasteiger charge is 2.63. The number of Topliss-reactive ketones (excluding diaryl/α,β-unsaturated/α-hetero) is 1. The molecule has 4 aliphatic carbocycles. The molecule has 0 unspecified atom stereocenters. The molecule has 0 aliphatic heterocycles. The lowest BCUT2D eigenvalue weighted by Crippen LogP contribution is -2.57. The SMILES string of the molecule is C[C@H](CCC(=O)O)[C@H]1CC[C@H]2[C@@H]3CC[C@@H]4CCCC[C@]4(C)[C@H]3C(=O)C[C@]12C. The lowest BCUT2D eigenvalue weighted by molar-refractivity contribution is -0.158. The van der Waals surface area contributed by atoms with Crippen molar-refractivity contribution in [3.05, 3.63) is 0 Å². The molecule has 27 heavy (non-hydrogen) atoms. The summed E-state index contributed by atoms with van der Waals surface area (Å²) >= 11 is 0. The van der Waals surface area contributed by atoms with Gasteiger partial charge in [0.05, 0.1) is 0 Å². The molecule has 0 spiro atoms. The summed E-state index contributed by atoms with van der Waals surface area (Å²) in [4.78, 5) is 24.6. The van der Waals surface area contributed by atoms with Crippen molar-refractivity contribution in [3.8, 4) is 0 Å². The zero-order valence-electron chi connectivity index (χ0n) is 17.5. The number of aliphatic carboxylic acids is 1. The van der Waals surface area contributed by atoms with Crippen LogP contribution in [0, 0.1) is 46.3 Å². The third-order valence-electron chi connectivity index (χ3n) is 9.84. The molecule has 3 heteroatoms. The second-order valence-corrected chi connectivity index (χ2v) is 11.0. The Hall–Kier alpha value is -0.860. The molecule has 0 aromatic carbocycles. The van der Waals surface area contributed by atoms with Crippen molar-refractivity contribution in [2.24, 2.45) is 46.3 Å². The van der Waals surface area contributed by atoms with Crippen molar-refractivity contribution in [2.75, 3.05) is 0 Å². The van der Waals surface area contributed by atoms with E-state index >= 15 is 0 Å². The molecule has 4 aliphatic rings. The highest BCUT2D eigenvalue weighted by Crippen LogP contribution is 2.67. The van der Waals surface area contributed by atoms with Gasteiger partial charge in [0.25, 0.3) is 0 Å². The van der Waals surface area contributed by atoms with Gasteiger partial charge < -0.3 is 5.11 Å². The summed E-state index contributed by atoms with van der Waals surface area (Å²) in [7, 11) is 0. The molecular formula is C24H38O3. The van der Waals surface area contributed by atoms with Gasteiger partial charge in [-0.05, 0) is 85.4 Å². The Morgan fingerprint density at radius 1 is 1.11 bits per heavy atom. The number of fused-ring (bicyclic) bond motifs is 5. The van der Waals surface area contributed by atoms with Crippen LogP contribution in [0.2, 0.25) is 0 Å². The smallest absolute Gasteiger partial charge is 0.303 e. The molecule has 3 nitrogen and oxygen atoms in total. The van der Waals surface area contributed by atoms with E-state index in [0.29, 0.717) is 35.4 Å². The number of rotatable bonds is 4. The van der Waals surface area contributed by atoms with Crippen molar-refractivity contribution in [3.63, 3.8) is 0 Å². The van der Waals surface area contributed by atoms with E-state index in [4.69, 9.17) is 5.11 Å². The lowest BCUT2D eigenvalue weighted by atomic mass is 9.44. The van der Waals surface area contributed by atoms with Crippen LogP contribution in [0.4, 0.5) is 0 Å². The van der Waals surface area contributed by atoms with Crippen LogP contribution in [0.15, 0.2) is 0 Å². The number of carboxylic acids is 1. The summed E-state index contributed by atoms with van der Waals surface area (Å²) in [5.41, 5.74) is 0.362. The molecule has 4 saturated carbocycles. The Morgan fingerprint density at radius 2 is 1.89 bits per heavy atom. The number of hydrogen-bond donors (Lipinski definition) is 1. The number of hydrogen-bond acceptors (Lipinski definition) is 2. The molecule has 8 atom stereocenters. The van der Waals surface area contributed by atoms with Crippen LogP contribution in [0.5, 0.6) is 0 Å². The van der Waals surface area contributed by atoms with Crippen LogP contribution in [0.25, 0.3) is 0 Å². The van der Waals surface area contributed by atoms with Crippen LogP contribution < -0.4 is 0 Å². The fourth-order valence-corrected chi connectivity index (χ4v) is 8.63. The van der Waals surface area contributed by atoms with E-state index in [1.165, 1.54) is 51.4 Å². The summed E-state index contributed by atoms with van der Waals surface area (Å²) in [6, 6.07) is 0. The van der Waals surface area contributed by atoms with Gasteiger partial charge in [0.1, 0.15) is 5.78 Å². The van der Waals surface area contributed by atoms with Gasteiger partial charge >= 0.3 is 5.97 Å². The standard InChI is InChI=1S/C24H38O3/c1-15(7-12-21(26)27)18-10-11-19-17-9-8-16-6-4-5-13-23(16,2)22(17)20(25)14-24(18,19)3/h15-19,22H,4-14H2,1-3H3,(H,26,27)/t15-,16+,17+,18-,19+,22-,23+,24-/m1/s1. The van der Waals surface area contributed by atoms with E-state index in [2.05, 4.69) is 20.8 Å². The predicted octanol–water partition coefficient (Wildman–Crippen LogP) is 5.72. The van der Waals surface area contributed by atoms with Gasteiger partial charge in [-0.2, -0.15) is 0 Å². The topological polar surface area (TPSA) is 54.4 Å². The Kier molecular flexibility index (Phi) is 4.96. The molecule has 0 aromatic rings. The first-order valence-electron chi connectivity index (χ1n) is 11.5. The van der Waals surface area contributed by atoms with Gasteiger partial charge in [0.15, 0.2) is 0 Å². The van der Waals surface area contributed by atoms with Gasteiger partial charge in [0.2, 0.25) is 0 Å². The predicted molar refractivity (Wildman–Crippen MR) is 106 cm³/mol. The van der Waals surface area contributed by atoms with Gasteiger partial charge in [-0.1, -0.05) is 33.6 Å². The van der Waals surface area contributed by atoms with E-state index in [-0.39, 0.29) is 17.3 Å². The average molecular weight is 375 g/mol. The van der Waals surface area contributed by atoms with E-state index in [0.717, 1.165) is 18.8 Å². The van der Waals surface area contributed by atoms with Crippen molar-refractivity contribution in [1.29, 1.82) is 0 Å². The van der Waals surface area contributed by atoms with Crippen LogP contribution in [-0.2, 0) is 9.59 Å². The first-order valence-corrected chi connectivity index (χ1v) is 11.5. The zero-order valence-corrected chi connectivity index (χ0v) is 17.5. The summed E-state index contributed by atoms with van der Waals surface area (Å²) in [6.07, 6.45) is 12.1. The fourth-order valence-electron chi connectivity index (χ4n) is 8.63. The molecule has 4 fully saturated rings. The molecule has 0 aromatic heterocycles. The monoisotopic (exact) mass is 374 g/mol. The third kappa shape index (κ3) is 2.99. The van der Waals surface area contributed by atoms with Gasteiger partial charge in [-0.15, -0.1) is 0 Å². The molecule has 152 valence electrons. The Bertz CT molecular complexity index is 613. The molecule has 0 saturated heterocycles. The summed E-state index contributed by atoms with van der Waals surface area (Å²) < 4.78 is 0. The number of carbonyl (C=O) groups excluding carboxylic acids is 1. The zero-order chi connectivity index (χ0) is 19.4. The second-order valence-electron chi connectivity index (χ2n) is 11.0. The number of carboxylic acid groups (broad SMARTS) is 1. The van der Waals surface area contributed by atoms with Crippen molar-refractivity contribution in [2.45, 2.75) is 91.4 Å². The minimum Gasteiger partial charge on any atom is -0.481 e. The molecule has 4 rings (SSSR count). The van der Waals surface area contributed by atoms with Gasteiger partial charge in [-0.3, -0.25) is 9.59 Å². The van der Waals surface area contributed by atoms with Crippen LogP contribution >= 0.6 is 0 Å². The third-order valence-corrected chi connectivity index (χ3v) is 9.84. The average Bonchev–Trinajstić information content (AvgIpc) is 2.95. The molecule has 0 amide bonds. The Balaban J connectivity index is 1.58. The van der Waals surface area contributed by atoms with E-state index < -0.39 is 5.97 Å². The maximum Gasteiger partial charge on any atom is 0.303 e. The van der Waals surface area contributed by atoms with Crippen LogP contribution in [-0.4, -0.2) is 16.9 Å². The normalized spacial score (nSPS) is 47.7. The van der Waals surface area contributed by atoms with Gasteiger partial charge in [-0.25, -0.2) is 0 Å². The number of ketones is 1. The molecule has 1 N–H and O–H groups in total. The largest absolute Gasteiger partial charge is 0.481 e. The minimum absolute atomic E-state index is 0.105. The maximum atomic E-state index is 13.6. The van der Waals surface area contributed by atoms with Crippen LogP contribution in [0.1, 0.15) is 91.4 Å². The molecule has 0 bridgehead atoms. The van der Waals surface area contributed by atoms with E-state index in [1.54, 1.807) is 0 Å². The maximum absolute atomic E-state index is 13.6. The Morgan fingerprint density at radius 3 is 2.63 bits per heavy atom. The summed E-state index contributed by atoms with van der Waals surface area (Å²) in [5, 5.41) is 9.08. The fraction of sp³-hybridized carbons (Fsp3) is 0.917. The first kappa shape index (κ1) is 19.5.